The minimum atomic E-state index is -4.44. The molecule has 2 aromatic rings. The van der Waals surface area contributed by atoms with Crippen molar-refractivity contribution < 1.29 is 16.0 Å². The number of likely N-dealkylation sites (N-methyl/N-ethyl adjacent to an activating group) is 1. The molecule has 2 heterocycles. The minimum Gasteiger partial charge on any atom is -0.356 e. The summed E-state index contributed by atoms with van der Waals surface area (Å²) in [6.07, 6.45) is 9.82. The Labute approximate surface area is 288 Å². The van der Waals surface area contributed by atoms with Gasteiger partial charge in [0.1, 0.15) is 5.82 Å². The minimum absolute atomic E-state index is 0. The second kappa shape index (κ2) is 19.1. The molecule has 2 aliphatic heterocycles. The summed E-state index contributed by atoms with van der Waals surface area (Å²) in [6.45, 7) is 16.2. The van der Waals surface area contributed by atoms with Crippen LogP contribution >= 0.6 is 0 Å². The van der Waals surface area contributed by atoms with E-state index in [1.807, 2.05) is 45.2 Å². The van der Waals surface area contributed by atoms with Gasteiger partial charge in [-0.1, -0.05) is 52.0 Å². The van der Waals surface area contributed by atoms with Crippen LogP contribution in [0.3, 0.4) is 0 Å². The summed E-state index contributed by atoms with van der Waals surface area (Å²) < 4.78 is 41.8. The quantitative estimate of drug-likeness (QED) is 0.209. The Morgan fingerprint density at radius 1 is 1.00 bits per heavy atom. The molecule has 1 saturated heterocycles. The summed E-state index contributed by atoms with van der Waals surface area (Å²) in [6, 6.07) is 10.5. The van der Waals surface area contributed by atoms with Gasteiger partial charge in [-0.15, -0.1) is 0 Å². The standard InChI is InChI=1S/C37H47F3N6.C2H6.2H2/c1-6-9-30-14-15-35(23-31(30)13-12-28-10-8-11-36(42-24-28)44-34(7-2)25-41-4)43-27(3)32-20-29(21-33(22-32)37(38,39)40)26-46-18-16-45(5)17-19-46;1-2;;/h7,10-11,14-15,20-25,43-44H,3,6,8-9,12-13,16-19,26H2,1-2,4-5H3;1-2H3;2*1H/b34-7+,41-25?;;;. The van der Waals surface area contributed by atoms with Crippen LogP contribution in [0.5, 0.6) is 0 Å². The zero-order valence-corrected chi connectivity index (χ0v) is 29.6. The molecule has 0 bridgehead atoms. The van der Waals surface area contributed by atoms with E-state index in [-0.39, 0.29) is 2.85 Å². The van der Waals surface area contributed by atoms with Crippen molar-refractivity contribution in [2.24, 2.45) is 9.98 Å². The third-order valence-electron chi connectivity index (χ3n) is 8.29. The van der Waals surface area contributed by atoms with E-state index in [0.29, 0.717) is 23.4 Å². The van der Waals surface area contributed by atoms with E-state index in [1.54, 1.807) is 13.3 Å². The molecule has 2 aromatic carbocycles. The fourth-order valence-electron chi connectivity index (χ4n) is 5.66. The van der Waals surface area contributed by atoms with Crippen LogP contribution in [0.25, 0.3) is 5.70 Å². The largest absolute Gasteiger partial charge is 0.416 e. The number of rotatable bonds is 13. The molecule has 0 spiro atoms. The Morgan fingerprint density at radius 2 is 1.75 bits per heavy atom. The molecule has 2 N–H and O–H groups in total. The van der Waals surface area contributed by atoms with Crippen LogP contribution in [0, 0.1) is 0 Å². The maximum Gasteiger partial charge on any atom is 0.416 e. The maximum atomic E-state index is 13.9. The Kier molecular flexibility index (Phi) is 15.4. The molecule has 0 radical (unpaired) electrons. The monoisotopic (exact) mass is 666 g/mol. The molecule has 0 atom stereocenters. The van der Waals surface area contributed by atoms with Crippen LogP contribution in [-0.2, 0) is 25.6 Å². The number of allylic oxidation sites excluding steroid dienone is 5. The first-order chi connectivity index (χ1) is 23.1. The molecule has 48 heavy (non-hydrogen) atoms. The first-order valence-corrected chi connectivity index (χ1v) is 17.1. The van der Waals surface area contributed by atoms with Gasteiger partial charge in [-0.3, -0.25) is 9.89 Å². The number of aryl methyl sites for hydroxylation is 2. The SMILES string of the molecule is C=C(Nc1ccc(CCC)c(CCC2=CCC=C(N/C(C=NC)=C/C)N=C2)c1)c1cc(CN2CCN(C)CC2)cc(C(F)(F)F)c1.CC.[HH].[HH]. The van der Waals surface area contributed by atoms with E-state index in [2.05, 4.69) is 75.3 Å². The number of hydrogen-bond donors (Lipinski definition) is 2. The molecule has 9 heteroatoms. The van der Waals surface area contributed by atoms with Gasteiger partial charge >= 0.3 is 6.18 Å². The van der Waals surface area contributed by atoms with Crippen molar-refractivity contribution in [2.75, 3.05) is 45.6 Å². The highest BCUT2D eigenvalue weighted by molar-refractivity contribution is 5.81. The third-order valence-corrected chi connectivity index (χ3v) is 8.29. The molecule has 4 rings (SSSR count). The van der Waals surface area contributed by atoms with Crippen LogP contribution in [0.15, 0.2) is 88.3 Å². The topological polar surface area (TPSA) is 55.3 Å². The summed E-state index contributed by atoms with van der Waals surface area (Å²) in [7, 11) is 3.80. The van der Waals surface area contributed by atoms with Crippen LogP contribution in [-0.4, -0.2) is 62.5 Å². The summed E-state index contributed by atoms with van der Waals surface area (Å²) >= 11 is 0. The van der Waals surface area contributed by atoms with E-state index in [9.17, 15) is 13.2 Å². The molecule has 0 unspecified atom stereocenters. The number of nitrogens with zero attached hydrogens (tertiary/aromatic N) is 4. The summed E-state index contributed by atoms with van der Waals surface area (Å²) in [5.74, 6) is 0.789. The Bertz CT molecular complexity index is 1520. The summed E-state index contributed by atoms with van der Waals surface area (Å²) in [5, 5.41) is 6.62. The lowest BCUT2D eigenvalue weighted by Crippen LogP contribution is -2.43. The molecule has 0 amide bonds. The van der Waals surface area contributed by atoms with Crippen molar-refractivity contribution >= 4 is 23.8 Å². The van der Waals surface area contributed by atoms with Crippen molar-refractivity contribution in [3.05, 3.63) is 106 Å². The van der Waals surface area contributed by atoms with Crippen molar-refractivity contribution in [3.63, 3.8) is 0 Å². The maximum absolute atomic E-state index is 13.9. The van der Waals surface area contributed by atoms with Gasteiger partial charge in [0, 0.05) is 66.4 Å². The highest BCUT2D eigenvalue weighted by Crippen LogP contribution is 2.33. The molecule has 0 saturated carbocycles. The number of benzene rings is 2. The number of nitrogens with one attached hydrogen (secondary N) is 2. The van der Waals surface area contributed by atoms with Gasteiger partial charge in [-0.05, 0) is 104 Å². The zero-order valence-electron chi connectivity index (χ0n) is 29.6. The second-order valence-electron chi connectivity index (χ2n) is 12.0. The first-order valence-electron chi connectivity index (χ1n) is 17.1. The fraction of sp³-hybridized carbons (Fsp3) is 0.436. The first kappa shape index (κ1) is 38.5. The molecular weight excluding hydrogens is 609 g/mol. The Hall–Kier alpha value is -3.95. The van der Waals surface area contributed by atoms with Crippen LogP contribution in [0.4, 0.5) is 18.9 Å². The zero-order chi connectivity index (χ0) is 35.1. The van der Waals surface area contributed by atoms with Gasteiger partial charge in [0.15, 0.2) is 0 Å². The van der Waals surface area contributed by atoms with E-state index < -0.39 is 11.7 Å². The van der Waals surface area contributed by atoms with E-state index in [1.165, 1.54) is 23.3 Å². The van der Waals surface area contributed by atoms with E-state index in [0.717, 1.165) is 81.1 Å². The normalized spacial score (nSPS) is 16.1. The number of aliphatic imine (C=N–C) groups is 2. The summed E-state index contributed by atoms with van der Waals surface area (Å²) in [4.78, 5) is 13.2. The average molecular weight is 667 g/mol. The number of piperazine rings is 1. The van der Waals surface area contributed by atoms with Gasteiger partial charge in [-0.25, -0.2) is 4.99 Å². The van der Waals surface area contributed by atoms with Gasteiger partial charge in [0.05, 0.1) is 11.3 Å². The molecular formula is C39H57F3N6. The number of hydrogen-bond acceptors (Lipinski definition) is 6. The Morgan fingerprint density at radius 3 is 2.42 bits per heavy atom. The number of alkyl halides is 3. The van der Waals surface area contributed by atoms with Crippen LogP contribution in [0.1, 0.15) is 77.6 Å². The fourth-order valence-corrected chi connectivity index (χ4v) is 5.66. The van der Waals surface area contributed by atoms with Crippen molar-refractivity contribution in [1.29, 1.82) is 0 Å². The number of anilines is 1. The predicted octanol–water partition coefficient (Wildman–Crippen LogP) is 9.38. The van der Waals surface area contributed by atoms with Gasteiger partial charge in [0.2, 0.25) is 0 Å². The molecule has 2 aliphatic rings. The second-order valence-corrected chi connectivity index (χ2v) is 12.0. The van der Waals surface area contributed by atoms with E-state index in [4.69, 9.17) is 0 Å². The highest BCUT2D eigenvalue weighted by atomic mass is 19.4. The average Bonchev–Trinajstić information content (AvgIpc) is 3.31. The molecule has 264 valence electrons. The van der Waals surface area contributed by atoms with Gasteiger partial charge in [-0.2, -0.15) is 13.2 Å². The summed E-state index contributed by atoms with van der Waals surface area (Å²) in [5.41, 5.74) is 6.22. The van der Waals surface area contributed by atoms with Crippen molar-refractivity contribution in [1.82, 2.24) is 15.1 Å². The van der Waals surface area contributed by atoms with E-state index >= 15 is 0 Å². The van der Waals surface area contributed by atoms with Gasteiger partial charge < -0.3 is 15.5 Å². The van der Waals surface area contributed by atoms with Gasteiger partial charge in [0.25, 0.3) is 0 Å². The molecule has 6 nitrogen and oxygen atoms in total. The molecule has 0 aromatic heterocycles. The predicted molar refractivity (Wildman–Crippen MR) is 202 cm³/mol. The lowest BCUT2D eigenvalue weighted by Gasteiger charge is -2.32. The Balaban J connectivity index is 0.00000307. The third kappa shape index (κ3) is 11.9. The lowest BCUT2D eigenvalue weighted by atomic mass is 9.96. The van der Waals surface area contributed by atoms with Crippen LogP contribution < -0.4 is 10.6 Å². The molecule has 0 aliphatic carbocycles. The van der Waals surface area contributed by atoms with Crippen LogP contribution in [0.2, 0.25) is 0 Å². The van der Waals surface area contributed by atoms with Crippen molar-refractivity contribution in [2.45, 2.75) is 72.5 Å². The smallest absolute Gasteiger partial charge is 0.356 e. The molecule has 1 fully saturated rings. The lowest BCUT2D eigenvalue weighted by molar-refractivity contribution is -0.137. The number of halogens is 3. The van der Waals surface area contributed by atoms with Crippen molar-refractivity contribution in [3.8, 4) is 0 Å². The highest BCUT2D eigenvalue weighted by Gasteiger charge is 2.31.